The number of nitrogen functional groups attached to an aromatic ring is 1. The Bertz CT molecular complexity index is 727. The Morgan fingerprint density at radius 3 is 2.52 bits per heavy atom. The third kappa shape index (κ3) is 2.34. The Morgan fingerprint density at radius 1 is 1.19 bits per heavy atom. The van der Waals surface area contributed by atoms with Gasteiger partial charge in [-0.1, -0.05) is 30.3 Å². The minimum absolute atomic E-state index is 0.0602. The highest BCUT2D eigenvalue weighted by Crippen LogP contribution is 2.49. The van der Waals surface area contributed by atoms with Crippen LogP contribution in [0.25, 0.3) is 0 Å². The predicted molar refractivity (Wildman–Crippen MR) is 81.6 cm³/mol. The number of amides is 1. The van der Waals surface area contributed by atoms with E-state index in [-0.39, 0.29) is 5.91 Å². The molecule has 21 heavy (non-hydrogen) atoms. The van der Waals surface area contributed by atoms with Crippen molar-refractivity contribution >= 4 is 17.3 Å². The summed E-state index contributed by atoms with van der Waals surface area (Å²) in [5, 5.41) is 12.0. The van der Waals surface area contributed by atoms with E-state index >= 15 is 0 Å². The van der Waals surface area contributed by atoms with Crippen LogP contribution in [0, 0.1) is 11.3 Å². The van der Waals surface area contributed by atoms with Crippen LogP contribution in [0.5, 0.6) is 0 Å². The quantitative estimate of drug-likeness (QED) is 0.847. The Labute approximate surface area is 123 Å². The number of hydrogen-bond acceptors (Lipinski definition) is 3. The number of benzene rings is 2. The van der Waals surface area contributed by atoms with Crippen LogP contribution in [0.1, 0.15) is 24.0 Å². The zero-order valence-electron chi connectivity index (χ0n) is 11.5. The molecular weight excluding hydrogens is 262 g/mol. The molecule has 4 nitrogen and oxygen atoms in total. The fraction of sp³-hybridized carbons (Fsp3) is 0.176. The maximum Gasteiger partial charge on any atom is 0.235 e. The monoisotopic (exact) mass is 277 g/mol. The highest BCUT2D eigenvalue weighted by molar-refractivity contribution is 6.02. The molecule has 3 N–H and O–H groups in total. The van der Waals surface area contributed by atoms with E-state index in [1.165, 1.54) is 0 Å². The number of nitrogens with zero attached hydrogens (tertiary/aromatic N) is 1. The summed E-state index contributed by atoms with van der Waals surface area (Å²) in [6, 6.07) is 16.7. The van der Waals surface area contributed by atoms with Crippen molar-refractivity contribution < 1.29 is 4.79 Å². The largest absolute Gasteiger partial charge is 0.399 e. The smallest absolute Gasteiger partial charge is 0.235 e. The number of hydrogen-bond donors (Lipinski definition) is 2. The number of nitriles is 1. The van der Waals surface area contributed by atoms with Gasteiger partial charge in [-0.25, -0.2) is 0 Å². The minimum atomic E-state index is -0.449. The summed E-state index contributed by atoms with van der Waals surface area (Å²) in [5.41, 5.74) is 7.64. The van der Waals surface area contributed by atoms with Gasteiger partial charge in [0.1, 0.15) is 6.07 Å². The van der Waals surface area contributed by atoms with E-state index in [0.717, 1.165) is 18.4 Å². The maximum absolute atomic E-state index is 12.6. The molecule has 2 aromatic carbocycles. The number of nitrogens with two attached hydrogens (primary N) is 1. The molecule has 0 aromatic heterocycles. The van der Waals surface area contributed by atoms with Gasteiger partial charge in [0.15, 0.2) is 0 Å². The number of nitrogens with one attached hydrogen (secondary N) is 1. The Morgan fingerprint density at radius 2 is 1.90 bits per heavy atom. The van der Waals surface area contributed by atoms with Gasteiger partial charge in [0.05, 0.1) is 16.7 Å². The second-order valence-corrected chi connectivity index (χ2v) is 5.32. The molecule has 4 heteroatoms. The molecule has 1 amide bonds. The van der Waals surface area contributed by atoms with E-state index in [1.54, 1.807) is 18.2 Å². The number of carbonyl (C=O) groups is 1. The first kappa shape index (κ1) is 13.2. The summed E-state index contributed by atoms with van der Waals surface area (Å²) >= 11 is 0. The van der Waals surface area contributed by atoms with E-state index in [2.05, 4.69) is 11.4 Å². The molecule has 0 bridgehead atoms. The molecule has 0 aliphatic heterocycles. The molecule has 0 spiro atoms. The van der Waals surface area contributed by atoms with Crippen LogP contribution in [0.15, 0.2) is 48.5 Å². The third-order valence-corrected chi connectivity index (χ3v) is 3.92. The first-order valence-corrected chi connectivity index (χ1v) is 6.82. The fourth-order valence-corrected chi connectivity index (χ4v) is 2.53. The van der Waals surface area contributed by atoms with Crippen LogP contribution in [-0.4, -0.2) is 5.91 Å². The van der Waals surface area contributed by atoms with Crippen LogP contribution in [0.2, 0.25) is 0 Å². The van der Waals surface area contributed by atoms with E-state index in [9.17, 15) is 4.79 Å². The van der Waals surface area contributed by atoms with E-state index in [4.69, 9.17) is 11.0 Å². The van der Waals surface area contributed by atoms with E-state index in [0.29, 0.717) is 16.9 Å². The molecule has 3 rings (SSSR count). The summed E-state index contributed by atoms with van der Waals surface area (Å²) in [6.45, 7) is 0. The Balaban J connectivity index is 1.87. The number of anilines is 2. The maximum atomic E-state index is 12.6. The molecule has 2 aromatic rings. The molecule has 1 aliphatic carbocycles. The second kappa shape index (κ2) is 4.95. The number of rotatable bonds is 3. The van der Waals surface area contributed by atoms with Crippen LogP contribution < -0.4 is 11.1 Å². The molecule has 0 saturated heterocycles. The van der Waals surface area contributed by atoms with Crippen LogP contribution in [0.4, 0.5) is 11.4 Å². The van der Waals surface area contributed by atoms with E-state index < -0.39 is 5.41 Å². The molecule has 0 unspecified atom stereocenters. The molecule has 104 valence electrons. The van der Waals surface area contributed by atoms with Gasteiger partial charge < -0.3 is 11.1 Å². The first-order chi connectivity index (χ1) is 10.2. The summed E-state index contributed by atoms with van der Waals surface area (Å²) in [7, 11) is 0. The zero-order chi connectivity index (χ0) is 14.9. The summed E-state index contributed by atoms with van der Waals surface area (Å²) in [6.07, 6.45) is 1.67. The Hall–Kier alpha value is -2.80. The van der Waals surface area contributed by atoms with Crippen molar-refractivity contribution in [2.24, 2.45) is 0 Å². The van der Waals surface area contributed by atoms with Crippen molar-refractivity contribution in [3.8, 4) is 6.07 Å². The summed E-state index contributed by atoms with van der Waals surface area (Å²) < 4.78 is 0. The van der Waals surface area contributed by atoms with Gasteiger partial charge in [-0.05, 0) is 36.6 Å². The lowest BCUT2D eigenvalue weighted by atomic mass is 9.95. The van der Waals surface area contributed by atoms with Crippen molar-refractivity contribution in [2.75, 3.05) is 11.1 Å². The second-order valence-electron chi connectivity index (χ2n) is 5.32. The van der Waals surface area contributed by atoms with Crippen molar-refractivity contribution in [3.63, 3.8) is 0 Å². The highest BCUT2D eigenvalue weighted by atomic mass is 16.2. The van der Waals surface area contributed by atoms with Gasteiger partial charge in [-0.3, -0.25) is 4.79 Å². The zero-order valence-corrected chi connectivity index (χ0v) is 11.5. The van der Waals surface area contributed by atoms with Gasteiger partial charge in [0, 0.05) is 5.69 Å². The minimum Gasteiger partial charge on any atom is -0.399 e. The Kier molecular flexibility index (Phi) is 3.11. The van der Waals surface area contributed by atoms with Crippen molar-refractivity contribution in [1.29, 1.82) is 5.26 Å². The lowest BCUT2D eigenvalue weighted by Gasteiger charge is -2.16. The van der Waals surface area contributed by atoms with Gasteiger partial charge in [0.2, 0.25) is 5.91 Å². The standard InChI is InChI=1S/C17H15N3O/c18-11-12-10-14(19)6-7-15(12)20-16(21)17(8-9-17)13-4-2-1-3-5-13/h1-7,10H,8-9,19H2,(H,20,21). The average molecular weight is 277 g/mol. The molecule has 0 atom stereocenters. The molecule has 0 radical (unpaired) electrons. The summed E-state index contributed by atoms with van der Waals surface area (Å²) in [4.78, 5) is 12.6. The number of carbonyl (C=O) groups excluding carboxylic acids is 1. The van der Waals surface area contributed by atoms with Crippen LogP contribution in [-0.2, 0) is 10.2 Å². The topological polar surface area (TPSA) is 78.9 Å². The van der Waals surface area contributed by atoms with Crippen molar-refractivity contribution in [3.05, 3.63) is 59.7 Å². The third-order valence-electron chi connectivity index (χ3n) is 3.92. The van der Waals surface area contributed by atoms with Gasteiger partial charge >= 0.3 is 0 Å². The lowest BCUT2D eigenvalue weighted by molar-refractivity contribution is -0.118. The van der Waals surface area contributed by atoms with Gasteiger partial charge in [-0.2, -0.15) is 5.26 Å². The molecule has 1 saturated carbocycles. The predicted octanol–water partition coefficient (Wildman–Crippen LogP) is 2.81. The lowest BCUT2D eigenvalue weighted by Crippen LogP contribution is -2.28. The highest BCUT2D eigenvalue weighted by Gasteiger charge is 2.51. The van der Waals surface area contributed by atoms with Crippen LogP contribution in [0.3, 0.4) is 0 Å². The van der Waals surface area contributed by atoms with E-state index in [1.807, 2.05) is 30.3 Å². The first-order valence-electron chi connectivity index (χ1n) is 6.82. The molecule has 1 fully saturated rings. The molecular formula is C17H15N3O. The normalized spacial score (nSPS) is 15.0. The van der Waals surface area contributed by atoms with Gasteiger partial charge in [0.25, 0.3) is 0 Å². The molecule has 0 heterocycles. The van der Waals surface area contributed by atoms with Crippen molar-refractivity contribution in [1.82, 2.24) is 0 Å². The average Bonchev–Trinajstić information content (AvgIpc) is 3.31. The fourth-order valence-electron chi connectivity index (χ4n) is 2.53. The van der Waals surface area contributed by atoms with Crippen molar-refractivity contribution in [2.45, 2.75) is 18.3 Å². The van der Waals surface area contributed by atoms with Gasteiger partial charge in [-0.15, -0.1) is 0 Å². The van der Waals surface area contributed by atoms with Crippen LogP contribution >= 0.6 is 0 Å². The summed E-state index contributed by atoms with van der Waals surface area (Å²) in [5.74, 6) is -0.0602. The molecule has 1 aliphatic rings. The SMILES string of the molecule is N#Cc1cc(N)ccc1NC(=O)C1(c2ccccc2)CC1.